The second-order valence-electron chi connectivity index (χ2n) is 4.20. The van der Waals surface area contributed by atoms with Crippen molar-refractivity contribution in [1.82, 2.24) is 9.88 Å². The minimum atomic E-state index is 0.857. The summed E-state index contributed by atoms with van der Waals surface area (Å²) in [5.74, 6) is 0.943. The molecule has 1 fully saturated rings. The molecule has 1 aliphatic heterocycles. The molecule has 1 aliphatic rings. The standard InChI is InChI=1S/C12H18BrN3O/c1-10-8-12(15-9-11(10)13)14-2-3-16-4-6-17-7-5-16/h8-9H,2-7H2,1H3,(H,14,15). The lowest BCUT2D eigenvalue weighted by Crippen LogP contribution is -2.39. The number of aromatic nitrogens is 1. The molecule has 2 rings (SSSR count). The smallest absolute Gasteiger partial charge is 0.126 e. The van der Waals surface area contributed by atoms with Crippen molar-refractivity contribution in [3.8, 4) is 0 Å². The third kappa shape index (κ3) is 3.94. The number of morpholine rings is 1. The summed E-state index contributed by atoms with van der Waals surface area (Å²) in [7, 11) is 0. The van der Waals surface area contributed by atoms with E-state index in [9.17, 15) is 0 Å². The van der Waals surface area contributed by atoms with E-state index in [0.29, 0.717) is 0 Å². The highest BCUT2D eigenvalue weighted by molar-refractivity contribution is 9.10. The van der Waals surface area contributed by atoms with Crippen molar-refractivity contribution < 1.29 is 4.74 Å². The molecule has 0 bridgehead atoms. The summed E-state index contributed by atoms with van der Waals surface area (Å²) in [6.07, 6.45) is 1.84. The van der Waals surface area contributed by atoms with E-state index in [-0.39, 0.29) is 0 Å². The van der Waals surface area contributed by atoms with Gasteiger partial charge in [0.25, 0.3) is 0 Å². The Hall–Kier alpha value is -0.650. The molecule has 0 aromatic carbocycles. The van der Waals surface area contributed by atoms with E-state index in [1.54, 1.807) is 0 Å². The number of anilines is 1. The number of aryl methyl sites for hydroxylation is 1. The first-order valence-corrected chi connectivity index (χ1v) is 6.71. The fourth-order valence-corrected chi connectivity index (χ4v) is 2.02. The molecule has 1 N–H and O–H groups in total. The quantitative estimate of drug-likeness (QED) is 0.921. The maximum atomic E-state index is 5.31. The summed E-state index contributed by atoms with van der Waals surface area (Å²) in [5, 5.41) is 3.35. The van der Waals surface area contributed by atoms with Crippen LogP contribution in [-0.4, -0.2) is 49.3 Å². The Bertz CT molecular complexity index is 367. The molecule has 0 aliphatic carbocycles. The first-order valence-electron chi connectivity index (χ1n) is 5.92. The first-order chi connectivity index (χ1) is 8.25. The second-order valence-corrected chi connectivity index (χ2v) is 5.05. The van der Waals surface area contributed by atoms with Crippen LogP contribution in [0.3, 0.4) is 0 Å². The molecule has 1 saturated heterocycles. The van der Waals surface area contributed by atoms with Gasteiger partial charge in [0.05, 0.1) is 13.2 Å². The van der Waals surface area contributed by atoms with Crippen LogP contribution in [0.2, 0.25) is 0 Å². The number of pyridine rings is 1. The maximum absolute atomic E-state index is 5.31. The van der Waals surface area contributed by atoms with Crippen molar-refractivity contribution in [1.29, 1.82) is 0 Å². The number of hydrogen-bond donors (Lipinski definition) is 1. The predicted molar refractivity (Wildman–Crippen MR) is 72.4 cm³/mol. The van der Waals surface area contributed by atoms with Crippen LogP contribution in [0.15, 0.2) is 16.7 Å². The van der Waals surface area contributed by atoms with E-state index in [2.05, 4.69) is 44.1 Å². The van der Waals surface area contributed by atoms with Gasteiger partial charge in [-0.2, -0.15) is 0 Å². The Morgan fingerprint density at radius 1 is 1.47 bits per heavy atom. The molecule has 0 unspecified atom stereocenters. The molecule has 0 saturated carbocycles. The lowest BCUT2D eigenvalue weighted by Gasteiger charge is -2.26. The van der Waals surface area contributed by atoms with Gasteiger partial charge in [-0.25, -0.2) is 4.98 Å². The molecule has 0 amide bonds. The average Bonchev–Trinajstić information content (AvgIpc) is 2.35. The molecule has 1 aromatic rings. The molecule has 5 heteroatoms. The van der Waals surface area contributed by atoms with Crippen molar-refractivity contribution in [2.75, 3.05) is 44.7 Å². The fourth-order valence-electron chi connectivity index (χ4n) is 1.80. The van der Waals surface area contributed by atoms with Gasteiger partial charge in [0.15, 0.2) is 0 Å². The molecule has 0 radical (unpaired) electrons. The molecule has 2 heterocycles. The molecule has 17 heavy (non-hydrogen) atoms. The highest BCUT2D eigenvalue weighted by Crippen LogP contribution is 2.16. The van der Waals surface area contributed by atoms with Crippen LogP contribution in [-0.2, 0) is 4.74 Å². The van der Waals surface area contributed by atoms with Gasteiger partial charge in [-0.15, -0.1) is 0 Å². The zero-order valence-corrected chi connectivity index (χ0v) is 11.7. The van der Waals surface area contributed by atoms with E-state index in [4.69, 9.17) is 4.74 Å². The Labute approximate surface area is 110 Å². The summed E-state index contributed by atoms with van der Waals surface area (Å²) in [5.41, 5.74) is 1.20. The largest absolute Gasteiger partial charge is 0.379 e. The van der Waals surface area contributed by atoms with Crippen LogP contribution in [0.5, 0.6) is 0 Å². The molecular weight excluding hydrogens is 282 g/mol. The normalized spacial score (nSPS) is 17.1. The summed E-state index contributed by atoms with van der Waals surface area (Å²) >= 11 is 3.45. The van der Waals surface area contributed by atoms with Gasteiger partial charge in [-0.05, 0) is 34.5 Å². The monoisotopic (exact) mass is 299 g/mol. The van der Waals surface area contributed by atoms with Crippen LogP contribution < -0.4 is 5.32 Å². The summed E-state index contributed by atoms with van der Waals surface area (Å²) in [6.45, 7) is 7.82. The third-order valence-electron chi connectivity index (χ3n) is 2.88. The number of nitrogens with one attached hydrogen (secondary N) is 1. The highest BCUT2D eigenvalue weighted by atomic mass is 79.9. The summed E-state index contributed by atoms with van der Waals surface area (Å²) < 4.78 is 6.37. The van der Waals surface area contributed by atoms with E-state index in [0.717, 1.165) is 49.7 Å². The topological polar surface area (TPSA) is 37.4 Å². The van der Waals surface area contributed by atoms with Gasteiger partial charge < -0.3 is 10.1 Å². The minimum absolute atomic E-state index is 0.857. The van der Waals surface area contributed by atoms with E-state index in [1.807, 2.05) is 6.20 Å². The highest BCUT2D eigenvalue weighted by Gasteiger charge is 2.09. The van der Waals surface area contributed by atoms with E-state index < -0.39 is 0 Å². The lowest BCUT2D eigenvalue weighted by atomic mass is 10.3. The van der Waals surface area contributed by atoms with Crippen molar-refractivity contribution >= 4 is 21.7 Å². The van der Waals surface area contributed by atoms with Gasteiger partial charge in [0.2, 0.25) is 0 Å². The number of rotatable bonds is 4. The molecular formula is C12H18BrN3O. The van der Waals surface area contributed by atoms with Crippen LogP contribution in [0, 0.1) is 6.92 Å². The number of nitrogens with zero attached hydrogens (tertiary/aromatic N) is 2. The van der Waals surface area contributed by atoms with Crippen molar-refractivity contribution in [2.45, 2.75) is 6.92 Å². The SMILES string of the molecule is Cc1cc(NCCN2CCOCC2)ncc1Br. The Kier molecular flexibility index (Phi) is 4.76. The first kappa shape index (κ1) is 12.8. The van der Waals surface area contributed by atoms with E-state index in [1.165, 1.54) is 5.56 Å². The lowest BCUT2D eigenvalue weighted by molar-refractivity contribution is 0.0398. The third-order valence-corrected chi connectivity index (χ3v) is 3.71. The van der Waals surface area contributed by atoms with Crippen LogP contribution >= 0.6 is 15.9 Å². The Morgan fingerprint density at radius 2 is 2.24 bits per heavy atom. The van der Waals surface area contributed by atoms with Crippen molar-refractivity contribution in [3.63, 3.8) is 0 Å². The van der Waals surface area contributed by atoms with Crippen LogP contribution in [0.1, 0.15) is 5.56 Å². The zero-order valence-electron chi connectivity index (χ0n) is 10.1. The molecule has 4 nitrogen and oxygen atoms in total. The van der Waals surface area contributed by atoms with Crippen molar-refractivity contribution in [2.24, 2.45) is 0 Å². The number of ether oxygens (including phenoxy) is 1. The molecule has 1 aromatic heterocycles. The summed E-state index contributed by atoms with van der Waals surface area (Å²) in [6, 6.07) is 2.06. The average molecular weight is 300 g/mol. The number of hydrogen-bond acceptors (Lipinski definition) is 4. The van der Waals surface area contributed by atoms with Gasteiger partial charge >= 0.3 is 0 Å². The second kappa shape index (κ2) is 6.33. The Balaban J connectivity index is 1.75. The molecule has 94 valence electrons. The van der Waals surface area contributed by atoms with Crippen LogP contribution in [0.4, 0.5) is 5.82 Å². The minimum Gasteiger partial charge on any atom is -0.379 e. The molecule has 0 spiro atoms. The number of halogens is 1. The maximum Gasteiger partial charge on any atom is 0.126 e. The molecule has 0 atom stereocenters. The van der Waals surface area contributed by atoms with Gasteiger partial charge in [-0.3, -0.25) is 4.90 Å². The summed E-state index contributed by atoms with van der Waals surface area (Å²) in [4.78, 5) is 6.73. The van der Waals surface area contributed by atoms with Crippen LogP contribution in [0.25, 0.3) is 0 Å². The van der Waals surface area contributed by atoms with Gasteiger partial charge in [0.1, 0.15) is 5.82 Å². The predicted octanol–water partition coefficient (Wildman–Crippen LogP) is 1.90. The fraction of sp³-hybridized carbons (Fsp3) is 0.583. The van der Waals surface area contributed by atoms with Crippen molar-refractivity contribution in [3.05, 3.63) is 22.3 Å². The Morgan fingerprint density at radius 3 is 2.94 bits per heavy atom. The van der Waals surface area contributed by atoms with E-state index >= 15 is 0 Å². The van der Waals surface area contributed by atoms with Gasteiger partial charge in [-0.1, -0.05) is 0 Å². The van der Waals surface area contributed by atoms with Gasteiger partial charge in [0, 0.05) is 36.8 Å². The zero-order chi connectivity index (χ0) is 12.1.